The first kappa shape index (κ1) is 12.4. The van der Waals surface area contributed by atoms with Gasteiger partial charge < -0.3 is 5.32 Å². The first-order valence-electron chi connectivity index (χ1n) is 6.65. The average molecular weight is 269 g/mol. The largest absolute Gasteiger partial charge is 0.314 e. The van der Waals surface area contributed by atoms with Gasteiger partial charge >= 0.3 is 0 Å². The third-order valence-electron chi connectivity index (χ3n) is 3.90. The zero-order valence-electron chi connectivity index (χ0n) is 10.3. The van der Waals surface area contributed by atoms with E-state index in [1.807, 2.05) is 12.1 Å². The number of nitrogens with one attached hydrogen (secondary N) is 1. The van der Waals surface area contributed by atoms with Crippen LogP contribution in [0.1, 0.15) is 24.4 Å². The molecule has 1 atom stereocenters. The second-order valence-electron chi connectivity index (χ2n) is 5.24. The van der Waals surface area contributed by atoms with Crippen LogP contribution in [-0.4, -0.2) is 31.1 Å². The van der Waals surface area contributed by atoms with Crippen molar-refractivity contribution in [2.45, 2.75) is 18.9 Å². The molecule has 0 spiro atoms. The minimum atomic E-state index is -0.324. The maximum Gasteiger partial charge on any atom is 0.141 e. The summed E-state index contributed by atoms with van der Waals surface area (Å²) in [7, 11) is 0. The second kappa shape index (κ2) is 5.16. The fourth-order valence-corrected chi connectivity index (χ4v) is 3.04. The van der Waals surface area contributed by atoms with Crippen LogP contribution in [0.4, 0.5) is 4.39 Å². The molecule has 1 aromatic rings. The zero-order valence-corrected chi connectivity index (χ0v) is 11.1. The van der Waals surface area contributed by atoms with Gasteiger partial charge in [-0.1, -0.05) is 17.7 Å². The molecule has 4 heteroatoms. The summed E-state index contributed by atoms with van der Waals surface area (Å²) >= 11 is 5.92. The Labute approximate surface area is 112 Å². The van der Waals surface area contributed by atoms with E-state index in [9.17, 15) is 4.39 Å². The van der Waals surface area contributed by atoms with Crippen molar-refractivity contribution in [3.05, 3.63) is 34.6 Å². The number of halogens is 2. The van der Waals surface area contributed by atoms with Crippen LogP contribution in [0.15, 0.2) is 18.2 Å². The molecule has 18 heavy (non-hydrogen) atoms. The van der Waals surface area contributed by atoms with Crippen LogP contribution in [0.25, 0.3) is 0 Å². The molecule has 1 heterocycles. The van der Waals surface area contributed by atoms with Crippen LogP contribution < -0.4 is 5.32 Å². The maximum absolute atomic E-state index is 13.3. The molecular weight excluding hydrogens is 251 g/mol. The molecular formula is C14H18ClFN2. The lowest BCUT2D eigenvalue weighted by Crippen LogP contribution is -2.45. The molecule has 0 aromatic heterocycles. The molecule has 1 N–H and O–H groups in total. The Morgan fingerprint density at radius 2 is 2.00 bits per heavy atom. The first-order chi connectivity index (χ1) is 8.75. The van der Waals surface area contributed by atoms with Crippen molar-refractivity contribution in [2.75, 3.05) is 26.2 Å². The van der Waals surface area contributed by atoms with E-state index in [0.29, 0.717) is 6.04 Å². The van der Waals surface area contributed by atoms with Crippen molar-refractivity contribution in [3.8, 4) is 0 Å². The van der Waals surface area contributed by atoms with Crippen LogP contribution in [0.5, 0.6) is 0 Å². The number of piperazine rings is 1. The van der Waals surface area contributed by atoms with E-state index in [2.05, 4.69) is 10.2 Å². The Kier molecular flexibility index (Phi) is 3.55. The molecule has 98 valence electrons. The van der Waals surface area contributed by atoms with Gasteiger partial charge in [-0.3, -0.25) is 4.90 Å². The first-order valence-corrected chi connectivity index (χ1v) is 7.03. The third kappa shape index (κ3) is 2.53. The van der Waals surface area contributed by atoms with Gasteiger partial charge in [0, 0.05) is 32.2 Å². The Morgan fingerprint density at radius 1 is 1.28 bits per heavy atom. The summed E-state index contributed by atoms with van der Waals surface area (Å²) in [6.45, 7) is 4.21. The molecule has 1 aliphatic carbocycles. The van der Waals surface area contributed by atoms with Gasteiger partial charge in [-0.2, -0.15) is 0 Å². The predicted octanol–water partition coefficient (Wildman–Crippen LogP) is 2.84. The molecule has 0 unspecified atom stereocenters. The molecule has 2 aliphatic rings. The number of rotatable bonds is 3. The molecule has 1 saturated heterocycles. The minimum absolute atomic E-state index is 0.244. The van der Waals surface area contributed by atoms with Crippen LogP contribution in [0, 0.1) is 11.7 Å². The Morgan fingerprint density at radius 3 is 2.61 bits per heavy atom. The fourth-order valence-electron chi connectivity index (χ4n) is 2.85. The van der Waals surface area contributed by atoms with E-state index < -0.39 is 0 Å². The predicted molar refractivity (Wildman–Crippen MR) is 71.3 cm³/mol. The normalized spacial score (nSPS) is 23.0. The topological polar surface area (TPSA) is 15.3 Å². The number of nitrogens with zero attached hydrogens (tertiary/aromatic N) is 1. The fraction of sp³-hybridized carbons (Fsp3) is 0.571. The molecule has 0 bridgehead atoms. The summed E-state index contributed by atoms with van der Waals surface area (Å²) in [5.41, 5.74) is 1.17. The van der Waals surface area contributed by atoms with Crippen molar-refractivity contribution in [2.24, 2.45) is 5.92 Å². The highest BCUT2D eigenvalue weighted by atomic mass is 35.5. The van der Waals surface area contributed by atoms with E-state index in [1.54, 1.807) is 0 Å². The van der Waals surface area contributed by atoms with Crippen molar-refractivity contribution < 1.29 is 4.39 Å². The molecule has 1 aliphatic heterocycles. The van der Waals surface area contributed by atoms with Crippen molar-refractivity contribution in [1.82, 2.24) is 10.2 Å². The summed E-state index contributed by atoms with van der Waals surface area (Å²) in [6, 6.07) is 5.62. The monoisotopic (exact) mass is 268 g/mol. The average Bonchev–Trinajstić information content (AvgIpc) is 3.20. The molecule has 1 aromatic carbocycles. The van der Waals surface area contributed by atoms with Crippen LogP contribution in [0.3, 0.4) is 0 Å². The smallest absolute Gasteiger partial charge is 0.141 e. The quantitative estimate of drug-likeness (QED) is 0.907. The molecule has 0 amide bonds. The van der Waals surface area contributed by atoms with Gasteiger partial charge in [0.05, 0.1) is 5.02 Å². The van der Waals surface area contributed by atoms with Crippen LogP contribution in [0.2, 0.25) is 5.02 Å². The highest BCUT2D eigenvalue weighted by molar-refractivity contribution is 6.30. The van der Waals surface area contributed by atoms with Gasteiger partial charge in [0.15, 0.2) is 0 Å². The maximum atomic E-state index is 13.3. The number of benzene rings is 1. The van der Waals surface area contributed by atoms with E-state index >= 15 is 0 Å². The Balaban J connectivity index is 1.85. The summed E-state index contributed by atoms with van der Waals surface area (Å²) in [5, 5.41) is 3.62. The highest BCUT2D eigenvalue weighted by Gasteiger charge is 2.36. The summed E-state index contributed by atoms with van der Waals surface area (Å²) < 4.78 is 13.3. The zero-order chi connectivity index (χ0) is 12.5. The Hall–Kier alpha value is -0.640. The van der Waals surface area contributed by atoms with Gasteiger partial charge in [0.1, 0.15) is 5.82 Å². The van der Waals surface area contributed by atoms with E-state index in [0.717, 1.165) is 32.1 Å². The van der Waals surface area contributed by atoms with Crippen LogP contribution >= 0.6 is 11.6 Å². The SMILES string of the molecule is Fc1ccc([C@H](C2CC2)N2CCNCC2)cc1Cl. The molecule has 1 saturated carbocycles. The van der Waals surface area contributed by atoms with Crippen molar-refractivity contribution in [3.63, 3.8) is 0 Å². The lowest BCUT2D eigenvalue weighted by Gasteiger charge is -2.35. The highest BCUT2D eigenvalue weighted by Crippen LogP contribution is 2.45. The minimum Gasteiger partial charge on any atom is -0.314 e. The second-order valence-corrected chi connectivity index (χ2v) is 5.65. The van der Waals surface area contributed by atoms with Crippen molar-refractivity contribution >= 4 is 11.6 Å². The molecule has 3 rings (SSSR count). The number of hydrogen-bond acceptors (Lipinski definition) is 2. The van der Waals surface area contributed by atoms with Gasteiger partial charge in [0.25, 0.3) is 0 Å². The van der Waals surface area contributed by atoms with Gasteiger partial charge in [0.2, 0.25) is 0 Å². The van der Waals surface area contributed by atoms with E-state index in [-0.39, 0.29) is 10.8 Å². The van der Waals surface area contributed by atoms with Crippen molar-refractivity contribution in [1.29, 1.82) is 0 Å². The van der Waals surface area contributed by atoms with E-state index in [1.165, 1.54) is 24.5 Å². The van der Waals surface area contributed by atoms with E-state index in [4.69, 9.17) is 11.6 Å². The lowest BCUT2D eigenvalue weighted by molar-refractivity contribution is 0.156. The summed E-state index contributed by atoms with van der Waals surface area (Å²) in [6.07, 6.45) is 2.56. The number of hydrogen-bond donors (Lipinski definition) is 1. The molecule has 0 radical (unpaired) electrons. The summed E-state index contributed by atoms with van der Waals surface area (Å²) in [4.78, 5) is 2.51. The van der Waals surface area contributed by atoms with Gasteiger partial charge in [-0.15, -0.1) is 0 Å². The third-order valence-corrected chi connectivity index (χ3v) is 4.19. The molecule has 2 fully saturated rings. The Bertz CT molecular complexity index is 428. The van der Waals surface area contributed by atoms with Gasteiger partial charge in [-0.05, 0) is 36.5 Å². The van der Waals surface area contributed by atoms with Crippen LogP contribution in [-0.2, 0) is 0 Å². The lowest BCUT2D eigenvalue weighted by atomic mass is 10.00. The summed E-state index contributed by atoms with van der Waals surface area (Å²) in [5.74, 6) is 0.403. The standard InChI is InChI=1S/C14H18ClFN2/c15-12-9-11(3-4-13(12)16)14(10-1-2-10)18-7-5-17-6-8-18/h3-4,9-10,14,17H,1-2,5-8H2/t14-/m0/s1. The van der Waals surface area contributed by atoms with Gasteiger partial charge in [-0.25, -0.2) is 4.39 Å². The molecule has 2 nitrogen and oxygen atoms in total.